The molecule has 0 radical (unpaired) electrons. The van der Waals surface area contributed by atoms with Crippen molar-refractivity contribution in [2.75, 3.05) is 19.7 Å². The highest BCUT2D eigenvalue weighted by Crippen LogP contribution is 1.76. The first-order valence-electron chi connectivity index (χ1n) is 3.34. The monoisotopic (exact) mass is 129 g/mol. The SMILES string of the molecule is C=CCCNCCCO. The van der Waals surface area contributed by atoms with E-state index in [9.17, 15) is 0 Å². The Hall–Kier alpha value is -0.340. The second-order valence-corrected chi connectivity index (χ2v) is 1.90. The molecule has 2 N–H and O–H groups in total. The summed E-state index contributed by atoms with van der Waals surface area (Å²) in [6.45, 7) is 5.75. The fourth-order valence-electron chi connectivity index (χ4n) is 0.533. The fourth-order valence-corrected chi connectivity index (χ4v) is 0.533. The molecule has 0 spiro atoms. The smallest absolute Gasteiger partial charge is 0.0443 e. The average molecular weight is 129 g/mol. The summed E-state index contributed by atoms with van der Waals surface area (Å²) < 4.78 is 0. The van der Waals surface area contributed by atoms with Crippen LogP contribution in [0.2, 0.25) is 0 Å². The fraction of sp³-hybridized carbons (Fsp3) is 0.714. The predicted octanol–water partition coefficient (Wildman–Crippen LogP) is 0.534. The van der Waals surface area contributed by atoms with E-state index in [1.165, 1.54) is 0 Å². The Bertz CT molecular complexity index is 63.9. The van der Waals surface area contributed by atoms with E-state index in [-0.39, 0.29) is 6.61 Å². The van der Waals surface area contributed by atoms with Crippen LogP contribution in [0.15, 0.2) is 12.7 Å². The minimum Gasteiger partial charge on any atom is -0.396 e. The van der Waals surface area contributed by atoms with Crippen LogP contribution < -0.4 is 5.32 Å². The van der Waals surface area contributed by atoms with Crippen LogP contribution >= 0.6 is 0 Å². The normalized spacial score (nSPS) is 9.44. The van der Waals surface area contributed by atoms with Gasteiger partial charge in [-0.1, -0.05) is 6.08 Å². The Morgan fingerprint density at radius 2 is 2.22 bits per heavy atom. The maximum atomic E-state index is 8.36. The molecule has 2 nitrogen and oxygen atoms in total. The third-order valence-corrected chi connectivity index (χ3v) is 1.04. The van der Waals surface area contributed by atoms with E-state index >= 15 is 0 Å². The molecule has 0 aliphatic rings. The van der Waals surface area contributed by atoms with Gasteiger partial charge in [-0.15, -0.1) is 6.58 Å². The molecule has 0 aromatic carbocycles. The summed E-state index contributed by atoms with van der Waals surface area (Å²) in [7, 11) is 0. The molecule has 0 atom stereocenters. The van der Waals surface area contributed by atoms with Crippen LogP contribution in [0.25, 0.3) is 0 Å². The molecule has 0 amide bonds. The predicted molar refractivity (Wildman–Crippen MR) is 39.4 cm³/mol. The third kappa shape index (κ3) is 7.66. The van der Waals surface area contributed by atoms with E-state index in [1.807, 2.05) is 6.08 Å². The van der Waals surface area contributed by atoms with Crippen molar-refractivity contribution in [3.05, 3.63) is 12.7 Å². The number of rotatable bonds is 6. The molecule has 0 saturated carbocycles. The lowest BCUT2D eigenvalue weighted by Crippen LogP contribution is -2.16. The second-order valence-electron chi connectivity index (χ2n) is 1.90. The van der Waals surface area contributed by atoms with E-state index in [2.05, 4.69) is 11.9 Å². The maximum absolute atomic E-state index is 8.36. The Morgan fingerprint density at radius 3 is 2.78 bits per heavy atom. The summed E-state index contributed by atoms with van der Waals surface area (Å²) in [5, 5.41) is 11.5. The van der Waals surface area contributed by atoms with Gasteiger partial charge >= 0.3 is 0 Å². The number of hydrogen-bond donors (Lipinski definition) is 2. The third-order valence-electron chi connectivity index (χ3n) is 1.04. The summed E-state index contributed by atoms with van der Waals surface area (Å²) in [5.74, 6) is 0. The van der Waals surface area contributed by atoms with E-state index < -0.39 is 0 Å². The van der Waals surface area contributed by atoms with Crippen LogP contribution in [0.3, 0.4) is 0 Å². The molecule has 0 aromatic rings. The summed E-state index contributed by atoms with van der Waals surface area (Å²) in [6, 6.07) is 0. The second kappa shape index (κ2) is 7.66. The van der Waals surface area contributed by atoms with Crippen molar-refractivity contribution < 1.29 is 5.11 Å². The zero-order valence-electron chi connectivity index (χ0n) is 5.77. The van der Waals surface area contributed by atoms with Gasteiger partial charge in [-0.2, -0.15) is 0 Å². The van der Waals surface area contributed by atoms with Crippen LogP contribution in [0, 0.1) is 0 Å². The van der Waals surface area contributed by atoms with Crippen LogP contribution in [-0.4, -0.2) is 24.8 Å². The zero-order chi connectivity index (χ0) is 6.95. The van der Waals surface area contributed by atoms with Crippen molar-refractivity contribution in [1.82, 2.24) is 5.32 Å². The van der Waals surface area contributed by atoms with Crippen molar-refractivity contribution in [3.8, 4) is 0 Å². The number of aliphatic hydroxyl groups excluding tert-OH is 1. The minimum atomic E-state index is 0.279. The lowest BCUT2D eigenvalue weighted by molar-refractivity contribution is 0.286. The molecule has 0 rings (SSSR count). The summed E-state index contributed by atoms with van der Waals surface area (Å²) in [6.07, 6.45) is 3.73. The molecule has 0 saturated heterocycles. The van der Waals surface area contributed by atoms with Crippen LogP contribution in [0.4, 0.5) is 0 Å². The Balaban J connectivity index is 2.66. The van der Waals surface area contributed by atoms with E-state index in [4.69, 9.17) is 5.11 Å². The molecule has 0 unspecified atom stereocenters. The molecular weight excluding hydrogens is 114 g/mol. The van der Waals surface area contributed by atoms with Gasteiger partial charge in [-0.05, 0) is 25.9 Å². The molecule has 0 heterocycles. The Kier molecular flexibility index (Phi) is 7.37. The van der Waals surface area contributed by atoms with Gasteiger partial charge in [0.2, 0.25) is 0 Å². The summed E-state index contributed by atoms with van der Waals surface area (Å²) >= 11 is 0. The van der Waals surface area contributed by atoms with E-state index in [1.54, 1.807) is 0 Å². The molecular formula is C7H15NO. The first-order valence-corrected chi connectivity index (χ1v) is 3.34. The molecule has 0 bridgehead atoms. The topological polar surface area (TPSA) is 32.3 Å². The van der Waals surface area contributed by atoms with Crippen molar-refractivity contribution in [3.63, 3.8) is 0 Å². The van der Waals surface area contributed by atoms with Crippen molar-refractivity contribution in [2.24, 2.45) is 0 Å². The summed E-state index contributed by atoms with van der Waals surface area (Å²) in [4.78, 5) is 0. The Morgan fingerprint density at radius 1 is 1.44 bits per heavy atom. The molecule has 0 aliphatic heterocycles. The Labute approximate surface area is 56.6 Å². The van der Waals surface area contributed by atoms with Gasteiger partial charge in [0.1, 0.15) is 0 Å². The highest BCUT2D eigenvalue weighted by molar-refractivity contribution is 4.67. The van der Waals surface area contributed by atoms with Gasteiger partial charge < -0.3 is 10.4 Å². The zero-order valence-corrected chi connectivity index (χ0v) is 5.77. The molecule has 2 heteroatoms. The van der Waals surface area contributed by atoms with E-state index in [0.717, 1.165) is 25.9 Å². The summed E-state index contributed by atoms with van der Waals surface area (Å²) in [5.41, 5.74) is 0. The maximum Gasteiger partial charge on any atom is 0.0443 e. The highest BCUT2D eigenvalue weighted by atomic mass is 16.3. The highest BCUT2D eigenvalue weighted by Gasteiger charge is 1.82. The van der Waals surface area contributed by atoms with Gasteiger partial charge in [0, 0.05) is 6.61 Å². The van der Waals surface area contributed by atoms with Gasteiger partial charge in [0.05, 0.1) is 0 Å². The van der Waals surface area contributed by atoms with Gasteiger partial charge in [0.25, 0.3) is 0 Å². The molecule has 0 aromatic heterocycles. The molecule has 0 fully saturated rings. The van der Waals surface area contributed by atoms with Gasteiger partial charge in [0.15, 0.2) is 0 Å². The number of hydrogen-bond acceptors (Lipinski definition) is 2. The van der Waals surface area contributed by atoms with Crippen molar-refractivity contribution in [1.29, 1.82) is 0 Å². The molecule has 54 valence electrons. The lowest BCUT2D eigenvalue weighted by Gasteiger charge is -1.98. The van der Waals surface area contributed by atoms with Crippen LogP contribution in [0.5, 0.6) is 0 Å². The van der Waals surface area contributed by atoms with Crippen LogP contribution in [-0.2, 0) is 0 Å². The first kappa shape index (κ1) is 8.66. The lowest BCUT2D eigenvalue weighted by atomic mass is 10.4. The average Bonchev–Trinajstić information content (AvgIpc) is 1.89. The van der Waals surface area contributed by atoms with Crippen molar-refractivity contribution >= 4 is 0 Å². The van der Waals surface area contributed by atoms with Crippen molar-refractivity contribution in [2.45, 2.75) is 12.8 Å². The standard InChI is InChI=1S/C7H15NO/c1-2-3-5-8-6-4-7-9/h2,8-9H,1,3-7H2. The van der Waals surface area contributed by atoms with Gasteiger partial charge in [-0.25, -0.2) is 0 Å². The first-order chi connectivity index (χ1) is 4.41. The molecule has 9 heavy (non-hydrogen) atoms. The van der Waals surface area contributed by atoms with E-state index in [0.29, 0.717) is 0 Å². The largest absolute Gasteiger partial charge is 0.396 e. The number of aliphatic hydroxyl groups is 1. The van der Waals surface area contributed by atoms with Gasteiger partial charge in [-0.3, -0.25) is 0 Å². The quantitative estimate of drug-likeness (QED) is 0.405. The number of nitrogens with one attached hydrogen (secondary N) is 1. The van der Waals surface area contributed by atoms with Crippen LogP contribution in [0.1, 0.15) is 12.8 Å². The minimum absolute atomic E-state index is 0.279. The molecule has 0 aliphatic carbocycles.